The zero-order valence-electron chi connectivity index (χ0n) is 19.0. The number of aryl methyl sites for hydroxylation is 1. The van der Waals surface area contributed by atoms with Crippen LogP contribution < -0.4 is 4.74 Å². The van der Waals surface area contributed by atoms with E-state index in [1.165, 1.54) is 23.8 Å². The van der Waals surface area contributed by atoms with E-state index in [4.69, 9.17) is 9.47 Å². The minimum absolute atomic E-state index is 0.175. The summed E-state index contributed by atoms with van der Waals surface area (Å²) in [7, 11) is 0. The van der Waals surface area contributed by atoms with Crippen molar-refractivity contribution in [3.05, 3.63) is 90.5 Å². The molecule has 3 aromatic carbocycles. The van der Waals surface area contributed by atoms with Gasteiger partial charge < -0.3 is 9.47 Å². The summed E-state index contributed by atoms with van der Waals surface area (Å²) in [5.41, 5.74) is 3.84. The quantitative estimate of drug-likeness (QED) is 0.330. The Hall–Kier alpha value is -2.98. The fraction of sp³-hybridized carbons (Fsp3) is 0.310. The molecule has 3 aromatic rings. The highest BCUT2D eigenvalue weighted by Crippen LogP contribution is 2.31. The lowest BCUT2D eigenvalue weighted by Gasteiger charge is -2.27. The van der Waals surface area contributed by atoms with Crippen LogP contribution in [0.1, 0.15) is 31.7 Å². The maximum absolute atomic E-state index is 14.9. The van der Waals surface area contributed by atoms with Crippen LogP contribution in [0.3, 0.4) is 0 Å². The van der Waals surface area contributed by atoms with E-state index in [0.29, 0.717) is 29.8 Å². The molecule has 172 valence electrons. The van der Waals surface area contributed by atoms with E-state index >= 15 is 0 Å². The van der Waals surface area contributed by atoms with Gasteiger partial charge in [0.05, 0.1) is 19.3 Å². The van der Waals surface area contributed by atoms with Crippen LogP contribution in [0.4, 0.5) is 8.78 Å². The Balaban J connectivity index is 1.41. The van der Waals surface area contributed by atoms with Crippen molar-refractivity contribution >= 4 is 0 Å². The molecular weight excluding hydrogens is 418 g/mol. The normalized spacial score (nSPS) is 18.2. The van der Waals surface area contributed by atoms with Crippen molar-refractivity contribution in [3.8, 4) is 28.0 Å². The molecule has 2 unspecified atom stereocenters. The Morgan fingerprint density at radius 2 is 1.67 bits per heavy atom. The summed E-state index contributed by atoms with van der Waals surface area (Å²) >= 11 is 0. The standard InChI is InChI=1S/C29H30F2O2/c1-3-20-7-13-25(33-19-20)14-8-21-5-9-22(10-6-21)23-11-15-26(27(30)17-23)24-12-16-29(32-4-2)28(31)18-24/h3,5-6,9-12,15-18,20,25H,1,4,7-8,13-14,19H2,2H3. The molecule has 0 N–H and O–H groups in total. The Morgan fingerprint density at radius 3 is 2.30 bits per heavy atom. The second kappa shape index (κ2) is 10.8. The van der Waals surface area contributed by atoms with Crippen molar-refractivity contribution in [1.29, 1.82) is 0 Å². The van der Waals surface area contributed by atoms with Crippen molar-refractivity contribution in [1.82, 2.24) is 0 Å². The van der Waals surface area contributed by atoms with E-state index in [0.717, 1.165) is 43.4 Å². The lowest BCUT2D eigenvalue weighted by atomic mass is 9.94. The van der Waals surface area contributed by atoms with E-state index < -0.39 is 5.82 Å². The smallest absolute Gasteiger partial charge is 0.165 e. The molecule has 0 amide bonds. The van der Waals surface area contributed by atoms with E-state index in [9.17, 15) is 8.78 Å². The Kier molecular flexibility index (Phi) is 7.56. The number of rotatable bonds is 8. The van der Waals surface area contributed by atoms with Crippen molar-refractivity contribution < 1.29 is 18.3 Å². The molecule has 1 fully saturated rings. The van der Waals surface area contributed by atoms with Crippen molar-refractivity contribution in [3.63, 3.8) is 0 Å². The van der Waals surface area contributed by atoms with Gasteiger partial charge in [-0.1, -0.05) is 48.5 Å². The van der Waals surface area contributed by atoms with Gasteiger partial charge >= 0.3 is 0 Å². The maximum Gasteiger partial charge on any atom is 0.165 e. The number of halogens is 2. The highest BCUT2D eigenvalue weighted by molar-refractivity contribution is 5.71. The molecule has 4 heteroatoms. The molecule has 1 saturated heterocycles. The molecule has 1 heterocycles. The summed E-state index contributed by atoms with van der Waals surface area (Å²) in [6.07, 6.45) is 6.50. The Morgan fingerprint density at radius 1 is 0.939 bits per heavy atom. The summed E-state index contributed by atoms with van der Waals surface area (Å²) < 4.78 is 40.2. The minimum Gasteiger partial charge on any atom is -0.491 e. The second-order valence-corrected chi connectivity index (χ2v) is 8.54. The monoisotopic (exact) mass is 448 g/mol. The van der Waals surface area contributed by atoms with Gasteiger partial charge in [0.1, 0.15) is 5.82 Å². The first kappa shape index (κ1) is 23.2. The molecule has 4 rings (SSSR count). The third kappa shape index (κ3) is 5.69. The maximum atomic E-state index is 14.9. The van der Waals surface area contributed by atoms with Crippen LogP contribution >= 0.6 is 0 Å². The fourth-order valence-corrected chi connectivity index (χ4v) is 4.30. The van der Waals surface area contributed by atoms with Crippen molar-refractivity contribution in [2.75, 3.05) is 13.2 Å². The molecule has 33 heavy (non-hydrogen) atoms. The van der Waals surface area contributed by atoms with Gasteiger partial charge in [-0.05, 0) is 73.1 Å². The average molecular weight is 449 g/mol. The first-order valence-corrected chi connectivity index (χ1v) is 11.6. The van der Waals surface area contributed by atoms with Gasteiger partial charge in [-0.3, -0.25) is 0 Å². The molecule has 0 aromatic heterocycles. The van der Waals surface area contributed by atoms with Gasteiger partial charge in [0, 0.05) is 11.5 Å². The summed E-state index contributed by atoms with van der Waals surface area (Å²) in [5.74, 6) is -0.213. The van der Waals surface area contributed by atoms with Gasteiger partial charge in [-0.2, -0.15) is 0 Å². The number of benzene rings is 3. The average Bonchev–Trinajstić information content (AvgIpc) is 2.85. The van der Waals surface area contributed by atoms with Crippen LogP contribution in [0.2, 0.25) is 0 Å². The summed E-state index contributed by atoms with van der Waals surface area (Å²) in [6.45, 7) is 6.80. The van der Waals surface area contributed by atoms with Crippen LogP contribution in [0, 0.1) is 17.6 Å². The first-order chi connectivity index (χ1) is 16.1. The Labute approximate surface area is 194 Å². The van der Waals surface area contributed by atoms with E-state index in [-0.39, 0.29) is 11.6 Å². The molecule has 1 aliphatic rings. The summed E-state index contributed by atoms with van der Waals surface area (Å²) in [6, 6.07) is 17.8. The lowest BCUT2D eigenvalue weighted by molar-refractivity contribution is -0.00779. The highest BCUT2D eigenvalue weighted by atomic mass is 19.1. The second-order valence-electron chi connectivity index (χ2n) is 8.54. The van der Waals surface area contributed by atoms with Gasteiger partial charge in [0.25, 0.3) is 0 Å². The molecule has 0 saturated carbocycles. The van der Waals surface area contributed by atoms with Crippen LogP contribution in [0.15, 0.2) is 73.3 Å². The zero-order chi connectivity index (χ0) is 23.2. The van der Waals surface area contributed by atoms with E-state index in [1.54, 1.807) is 19.1 Å². The predicted octanol–water partition coefficient (Wildman–Crippen LogP) is 7.61. The largest absolute Gasteiger partial charge is 0.491 e. The van der Waals surface area contributed by atoms with E-state index in [1.807, 2.05) is 24.3 Å². The molecule has 2 atom stereocenters. The summed E-state index contributed by atoms with van der Waals surface area (Å²) in [4.78, 5) is 0. The van der Waals surface area contributed by atoms with Gasteiger partial charge in [0.15, 0.2) is 11.6 Å². The van der Waals surface area contributed by atoms with E-state index in [2.05, 4.69) is 18.7 Å². The van der Waals surface area contributed by atoms with Crippen molar-refractivity contribution in [2.24, 2.45) is 5.92 Å². The molecule has 0 radical (unpaired) electrons. The molecule has 0 aliphatic carbocycles. The topological polar surface area (TPSA) is 18.5 Å². The minimum atomic E-state index is -0.493. The predicted molar refractivity (Wildman–Crippen MR) is 129 cm³/mol. The number of hydrogen-bond donors (Lipinski definition) is 0. The van der Waals surface area contributed by atoms with Gasteiger partial charge in [-0.25, -0.2) is 8.78 Å². The zero-order valence-corrected chi connectivity index (χ0v) is 19.0. The first-order valence-electron chi connectivity index (χ1n) is 11.6. The Bertz CT molecular complexity index is 1080. The van der Waals surface area contributed by atoms with Crippen LogP contribution in [0.5, 0.6) is 5.75 Å². The van der Waals surface area contributed by atoms with Crippen LogP contribution in [-0.4, -0.2) is 19.3 Å². The third-order valence-electron chi connectivity index (χ3n) is 6.29. The molecule has 0 bridgehead atoms. The molecule has 2 nitrogen and oxygen atoms in total. The molecule has 1 aliphatic heterocycles. The number of ether oxygens (including phenoxy) is 2. The van der Waals surface area contributed by atoms with Crippen LogP contribution in [-0.2, 0) is 11.2 Å². The van der Waals surface area contributed by atoms with Gasteiger partial charge in [0.2, 0.25) is 0 Å². The lowest BCUT2D eigenvalue weighted by Crippen LogP contribution is -2.25. The molecule has 0 spiro atoms. The van der Waals surface area contributed by atoms with Crippen LogP contribution in [0.25, 0.3) is 22.3 Å². The SMILES string of the molecule is C=CC1CCC(CCc2ccc(-c3ccc(-c4ccc(OCC)c(F)c4)c(F)c3)cc2)OC1. The highest BCUT2D eigenvalue weighted by Gasteiger charge is 2.19. The third-order valence-corrected chi connectivity index (χ3v) is 6.29. The fourth-order valence-electron chi connectivity index (χ4n) is 4.30. The summed E-state index contributed by atoms with van der Waals surface area (Å²) in [5, 5.41) is 0. The number of hydrogen-bond acceptors (Lipinski definition) is 2. The molecular formula is C29H30F2O2. The van der Waals surface area contributed by atoms with Crippen molar-refractivity contribution in [2.45, 2.75) is 38.7 Å². The van der Waals surface area contributed by atoms with Gasteiger partial charge in [-0.15, -0.1) is 6.58 Å².